The van der Waals surface area contributed by atoms with Crippen molar-refractivity contribution in [3.63, 3.8) is 0 Å². The first-order valence-electron chi connectivity index (χ1n) is 9.55. The van der Waals surface area contributed by atoms with Crippen molar-refractivity contribution < 1.29 is 40.9 Å². The molecule has 8 N–H and O–H groups in total. The van der Waals surface area contributed by atoms with Crippen molar-refractivity contribution in [2.75, 3.05) is 0 Å². The van der Waals surface area contributed by atoms with Gasteiger partial charge in [-0.2, -0.15) is 0 Å². The molecule has 5 rings (SSSR count). The summed E-state index contributed by atoms with van der Waals surface area (Å²) in [5.41, 5.74) is 0.418. The van der Waals surface area contributed by atoms with Gasteiger partial charge < -0.3 is 40.9 Å². The molecule has 0 unspecified atom stereocenters. The lowest BCUT2D eigenvalue weighted by Crippen LogP contribution is -1.93. The second-order valence-corrected chi connectivity index (χ2v) is 8.30. The number of hydrogen-bond donors (Lipinski definition) is 8. The minimum absolute atomic E-state index is 0.0196. The van der Waals surface area contributed by atoms with Gasteiger partial charge in [0.15, 0.2) is 23.0 Å². The average Bonchev–Trinajstić information content (AvgIpc) is 2.82. The van der Waals surface area contributed by atoms with Crippen molar-refractivity contribution in [1.82, 2.24) is 0 Å². The lowest BCUT2D eigenvalue weighted by Gasteiger charge is -2.21. The first kappa shape index (κ1) is 20.7. The SMILES string of the molecule is Oc1c(O)c(O)c2c(-c3cccc4ccccc34)c3c(O)c(O)c(O)c(O)c3c(Br)c2c1O. The van der Waals surface area contributed by atoms with E-state index in [1.54, 1.807) is 24.3 Å². The fraction of sp³-hybridized carbons (Fsp3) is 0. The normalized spacial score (nSPS) is 11.5. The molecule has 33 heavy (non-hydrogen) atoms. The van der Waals surface area contributed by atoms with Gasteiger partial charge in [0.2, 0.25) is 23.0 Å². The molecule has 0 saturated heterocycles. The van der Waals surface area contributed by atoms with Crippen molar-refractivity contribution in [3.05, 3.63) is 46.9 Å². The third kappa shape index (κ3) is 2.56. The zero-order chi connectivity index (χ0) is 23.8. The van der Waals surface area contributed by atoms with Crippen LogP contribution >= 0.6 is 15.9 Å². The number of benzene rings is 5. The Kier molecular flexibility index (Phi) is 4.30. The maximum atomic E-state index is 10.8. The molecule has 5 aromatic rings. The summed E-state index contributed by atoms with van der Waals surface area (Å²) >= 11 is 3.20. The van der Waals surface area contributed by atoms with E-state index in [1.165, 1.54) is 0 Å². The predicted octanol–water partition coefficient (Wildman–Crippen LogP) is 5.22. The molecular formula is C24H15BrO8. The van der Waals surface area contributed by atoms with E-state index in [1.807, 2.05) is 18.2 Å². The predicted molar refractivity (Wildman–Crippen MR) is 125 cm³/mol. The Morgan fingerprint density at radius 2 is 0.879 bits per heavy atom. The van der Waals surface area contributed by atoms with E-state index in [-0.39, 0.29) is 31.6 Å². The molecule has 9 heteroatoms. The van der Waals surface area contributed by atoms with Crippen LogP contribution in [0.2, 0.25) is 0 Å². The molecule has 8 nitrogen and oxygen atoms in total. The van der Waals surface area contributed by atoms with Gasteiger partial charge in [0.1, 0.15) is 0 Å². The van der Waals surface area contributed by atoms with Crippen LogP contribution in [-0.4, -0.2) is 40.9 Å². The molecule has 0 fully saturated rings. The quantitative estimate of drug-likeness (QED) is 0.0863. The first-order valence-corrected chi connectivity index (χ1v) is 10.3. The second kappa shape index (κ2) is 6.88. The Morgan fingerprint density at radius 1 is 0.455 bits per heavy atom. The summed E-state index contributed by atoms with van der Waals surface area (Å²) in [5.74, 6) is -7.26. The molecule has 0 bridgehead atoms. The highest BCUT2D eigenvalue weighted by Crippen LogP contribution is 2.61. The molecule has 0 radical (unpaired) electrons. The van der Waals surface area contributed by atoms with E-state index in [9.17, 15) is 40.9 Å². The maximum absolute atomic E-state index is 10.8. The minimum atomic E-state index is -1.00. The Hall–Kier alpha value is -4.24. The molecule has 166 valence electrons. The largest absolute Gasteiger partial charge is 0.504 e. The molecule has 0 spiro atoms. The van der Waals surface area contributed by atoms with Crippen LogP contribution in [-0.2, 0) is 0 Å². The van der Waals surface area contributed by atoms with Crippen molar-refractivity contribution in [1.29, 1.82) is 0 Å². The smallest absolute Gasteiger partial charge is 0.204 e. The van der Waals surface area contributed by atoms with Crippen LogP contribution < -0.4 is 0 Å². The fourth-order valence-corrected chi connectivity index (χ4v) is 5.04. The Morgan fingerprint density at radius 3 is 1.39 bits per heavy atom. The molecule has 0 aliphatic carbocycles. The maximum Gasteiger partial charge on any atom is 0.204 e. The lowest BCUT2D eigenvalue weighted by atomic mass is 9.87. The van der Waals surface area contributed by atoms with Gasteiger partial charge in [-0.05, 0) is 32.3 Å². The third-order valence-corrected chi connectivity index (χ3v) is 6.58. The molecular weight excluding hydrogens is 496 g/mol. The summed E-state index contributed by atoms with van der Waals surface area (Å²) in [5, 5.41) is 84.5. The van der Waals surface area contributed by atoms with Crippen molar-refractivity contribution in [3.8, 4) is 57.1 Å². The number of phenolic OH excluding ortho intramolecular Hbond substituents is 8. The third-order valence-electron chi connectivity index (χ3n) is 5.79. The van der Waals surface area contributed by atoms with E-state index in [0.717, 1.165) is 5.39 Å². The number of rotatable bonds is 1. The monoisotopic (exact) mass is 510 g/mol. The zero-order valence-electron chi connectivity index (χ0n) is 16.5. The van der Waals surface area contributed by atoms with Gasteiger partial charge in [0.05, 0.1) is 0 Å². The van der Waals surface area contributed by atoms with Gasteiger partial charge >= 0.3 is 0 Å². The van der Waals surface area contributed by atoms with Crippen LogP contribution in [0.25, 0.3) is 43.4 Å². The van der Waals surface area contributed by atoms with E-state index in [0.29, 0.717) is 10.9 Å². The molecule has 0 aromatic heterocycles. The summed E-state index contributed by atoms with van der Waals surface area (Å²) < 4.78 is -0.123. The topological polar surface area (TPSA) is 162 Å². The minimum Gasteiger partial charge on any atom is -0.504 e. The van der Waals surface area contributed by atoms with Crippen molar-refractivity contribution >= 4 is 48.2 Å². The Bertz CT molecular complexity index is 1570. The molecule has 0 aliphatic heterocycles. The van der Waals surface area contributed by atoms with Crippen LogP contribution in [0.5, 0.6) is 46.0 Å². The molecule has 0 amide bonds. The molecule has 0 aliphatic rings. The van der Waals surface area contributed by atoms with Gasteiger partial charge in [0.25, 0.3) is 0 Å². The van der Waals surface area contributed by atoms with Gasteiger partial charge in [-0.25, -0.2) is 0 Å². The van der Waals surface area contributed by atoms with Gasteiger partial charge in [-0.1, -0.05) is 42.5 Å². The summed E-state index contributed by atoms with van der Waals surface area (Å²) in [7, 11) is 0. The van der Waals surface area contributed by atoms with Crippen LogP contribution in [0, 0.1) is 0 Å². The number of halogens is 1. The highest BCUT2D eigenvalue weighted by molar-refractivity contribution is 9.10. The van der Waals surface area contributed by atoms with Crippen molar-refractivity contribution in [2.45, 2.75) is 0 Å². The van der Waals surface area contributed by atoms with E-state index < -0.39 is 46.0 Å². The van der Waals surface area contributed by atoms with Crippen LogP contribution in [0.15, 0.2) is 46.9 Å². The van der Waals surface area contributed by atoms with E-state index >= 15 is 0 Å². The van der Waals surface area contributed by atoms with Gasteiger partial charge in [0, 0.05) is 31.6 Å². The zero-order valence-corrected chi connectivity index (χ0v) is 18.1. The summed E-state index contributed by atoms with van der Waals surface area (Å²) in [6, 6.07) is 12.3. The Labute approximate surface area is 193 Å². The summed E-state index contributed by atoms with van der Waals surface area (Å²) in [6.07, 6.45) is 0. The van der Waals surface area contributed by atoms with E-state index in [4.69, 9.17) is 0 Å². The summed E-state index contributed by atoms with van der Waals surface area (Å²) in [6.45, 7) is 0. The van der Waals surface area contributed by atoms with Crippen LogP contribution in [0.4, 0.5) is 0 Å². The van der Waals surface area contributed by atoms with E-state index in [2.05, 4.69) is 15.9 Å². The standard InChI is InChI=1S/C24H15BrO8/c25-16-14-12(17(26)21(30)23(32)19(14)28)11(10-7-3-5-8-4-1-2-6-9(8)10)13-15(16)20(29)24(33)22(31)18(13)27/h1-7,26-33H. The molecule has 0 atom stereocenters. The number of hydrogen-bond acceptors (Lipinski definition) is 8. The average molecular weight is 511 g/mol. The van der Waals surface area contributed by atoms with Gasteiger partial charge in [-0.15, -0.1) is 0 Å². The van der Waals surface area contributed by atoms with Crippen LogP contribution in [0.3, 0.4) is 0 Å². The molecule has 0 saturated carbocycles. The first-order chi connectivity index (χ1) is 15.7. The number of phenols is 8. The highest BCUT2D eigenvalue weighted by atomic mass is 79.9. The fourth-order valence-electron chi connectivity index (χ4n) is 4.27. The second-order valence-electron chi connectivity index (χ2n) is 7.50. The highest BCUT2D eigenvalue weighted by Gasteiger charge is 2.31. The summed E-state index contributed by atoms with van der Waals surface area (Å²) in [4.78, 5) is 0. The Balaban J connectivity index is 2.23. The van der Waals surface area contributed by atoms with Crippen molar-refractivity contribution in [2.24, 2.45) is 0 Å². The van der Waals surface area contributed by atoms with Gasteiger partial charge in [-0.3, -0.25) is 0 Å². The molecule has 5 aromatic carbocycles. The number of fused-ring (bicyclic) bond motifs is 3. The number of aromatic hydroxyl groups is 8. The van der Waals surface area contributed by atoms with Crippen LogP contribution in [0.1, 0.15) is 0 Å². The lowest BCUT2D eigenvalue weighted by molar-refractivity contribution is 0.350. The molecule has 0 heterocycles.